The van der Waals surface area contributed by atoms with Crippen molar-refractivity contribution in [1.82, 2.24) is 5.32 Å². The molecule has 1 aliphatic carbocycles. The van der Waals surface area contributed by atoms with Crippen molar-refractivity contribution in [2.24, 2.45) is 11.8 Å². The van der Waals surface area contributed by atoms with Crippen molar-refractivity contribution in [3.8, 4) is 0 Å². The van der Waals surface area contributed by atoms with Crippen LogP contribution in [0.15, 0.2) is 0 Å². The van der Waals surface area contributed by atoms with Gasteiger partial charge in [0.2, 0.25) is 0 Å². The highest BCUT2D eigenvalue weighted by Crippen LogP contribution is 2.34. The smallest absolute Gasteiger partial charge is 0.0692 e. The van der Waals surface area contributed by atoms with Gasteiger partial charge in [0.05, 0.1) is 5.60 Å². The van der Waals surface area contributed by atoms with Crippen LogP contribution in [-0.2, 0) is 4.74 Å². The van der Waals surface area contributed by atoms with Gasteiger partial charge in [-0.1, -0.05) is 34.1 Å². The molecule has 0 spiro atoms. The van der Waals surface area contributed by atoms with Gasteiger partial charge in [0, 0.05) is 18.7 Å². The van der Waals surface area contributed by atoms with Crippen LogP contribution in [0.5, 0.6) is 0 Å². The third-order valence-electron chi connectivity index (χ3n) is 5.75. The van der Waals surface area contributed by atoms with Crippen LogP contribution in [0.4, 0.5) is 0 Å². The summed E-state index contributed by atoms with van der Waals surface area (Å²) >= 11 is 0. The number of nitrogens with one attached hydrogen (secondary N) is 1. The number of hydrogen-bond acceptors (Lipinski definition) is 2. The topological polar surface area (TPSA) is 21.3 Å². The molecule has 3 unspecified atom stereocenters. The minimum atomic E-state index is 0.150. The molecule has 0 radical (unpaired) electrons. The van der Waals surface area contributed by atoms with Crippen LogP contribution in [0.1, 0.15) is 72.6 Å². The van der Waals surface area contributed by atoms with Gasteiger partial charge in [0.15, 0.2) is 0 Å². The minimum absolute atomic E-state index is 0.150. The Morgan fingerprint density at radius 2 is 1.68 bits per heavy atom. The zero-order chi connectivity index (χ0) is 13.9. The maximum Gasteiger partial charge on any atom is 0.0692 e. The first kappa shape index (κ1) is 15.3. The molecule has 112 valence electrons. The monoisotopic (exact) mass is 267 g/mol. The molecule has 2 nitrogen and oxygen atoms in total. The second-order valence-electron chi connectivity index (χ2n) is 7.01. The molecule has 1 saturated heterocycles. The summed E-state index contributed by atoms with van der Waals surface area (Å²) in [5.41, 5.74) is 0.150. The number of rotatable bonds is 4. The number of ether oxygens (including phenoxy) is 1. The van der Waals surface area contributed by atoms with Gasteiger partial charge in [0.1, 0.15) is 0 Å². The Morgan fingerprint density at radius 3 is 2.26 bits per heavy atom. The summed E-state index contributed by atoms with van der Waals surface area (Å²) < 4.78 is 6.10. The highest BCUT2D eigenvalue weighted by molar-refractivity contribution is 4.92. The summed E-state index contributed by atoms with van der Waals surface area (Å²) in [6.07, 6.45) is 8.92. The van der Waals surface area contributed by atoms with E-state index in [1.807, 2.05) is 0 Å². The molecule has 1 heterocycles. The lowest BCUT2D eigenvalue weighted by Gasteiger charge is -2.44. The lowest BCUT2D eigenvalue weighted by atomic mass is 9.77. The van der Waals surface area contributed by atoms with Gasteiger partial charge in [0.25, 0.3) is 0 Å². The normalized spacial score (nSPS) is 39.2. The largest absolute Gasteiger partial charge is 0.375 e. The highest BCUT2D eigenvalue weighted by Gasteiger charge is 2.37. The van der Waals surface area contributed by atoms with Crippen LogP contribution in [0.3, 0.4) is 0 Å². The Morgan fingerprint density at radius 1 is 1.05 bits per heavy atom. The summed E-state index contributed by atoms with van der Waals surface area (Å²) in [6.45, 7) is 10.4. The van der Waals surface area contributed by atoms with Crippen molar-refractivity contribution >= 4 is 0 Å². The zero-order valence-corrected chi connectivity index (χ0v) is 13.4. The molecule has 2 fully saturated rings. The average Bonchev–Trinajstić information content (AvgIpc) is 2.43. The van der Waals surface area contributed by atoms with Crippen molar-refractivity contribution in [2.75, 3.05) is 6.61 Å². The molecule has 0 bridgehead atoms. The fraction of sp³-hybridized carbons (Fsp3) is 1.00. The molecule has 2 rings (SSSR count). The van der Waals surface area contributed by atoms with Gasteiger partial charge in [-0.05, 0) is 50.4 Å². The molecule has 1 aliphatic heterocycles. The van der Waals surface area contributed by atoms with Gasteiger partial charge in [-0.25, -0.2) is 0 Å². The van der Waals surface area contributed by atoms with Gasteiger partial charge in [-0.3, -0.25) is 0 Å². The maximum atomic E-state index is 6.10. The first-order chi connectivity index (χ1) is 9.10. The summed E-state index contributed by atoms with van der Waals surface area (Å²) in [5.74, 6) is 1.67. The van der Waals surface area contributed by atoms with E-state index in [-0.39, 0.29) is 5.60 Å². The summed E-state index contributed by atoms with van der Waals surface area (Å²) in [7, 11) is 0. The number of hydrogen-bond donors (Lipinski definition) is 1. The molecule has 0 aromatic rings. The first-order valence-corrected chi connectivity index (χ1v) is 8.50. The quantitative estimate of drug-likeness (QED) is 0.826. The molecule has 0 aromatic carbocycles. The second kappa shape index (κ2) is 6.58. The third kappa shape index (κ3) is 3.52. The molecule has 19 heavy (non-hydrogen) atoms. The van der Waals surface area contributed by atoms with E-state index in [1.165, 1.54) is 32.1 Å². The van der Waals surface area contributed by atoms with E-state index in [4.69, 9.17) is 4.74 Å². The van der Waals surface area contributed by atoms with Crippen LogP contribution in [-0.4, -0.2) is 24.3 Å². The van der Waals surface area contributed by atoms with Crippen molar-refractivity contribution in [3.63, 3.8) is 0 Å². The molecular formula is C17H33NO. The van der Waals surface area contributed by atoms with Gasteiger partial charge in [-0.15, -0.1) is 0 Å². The van der Waals surface area contributed by atoms with Crippen molar-refractivity contribution in [1.29, 1.82) is 0 Å². The Balaban J connectivity index is 1.94. The average molecular weight is 267 g/mol. The molecule has 2 aliphatic rings. The molecule has 1 saturated carbocycles. The Labute approximate surface area is 119 Å². The van der Waals surface area contributed by atoms with E-state index in [9.17, 15) is 0 Å². The first-order valence-electron chi connectivity index (χ1n) is 8.50. The maximum absolute atomic E-state index is 6.10. The Kier molecular flexibility index (Phi) is 5.30. The molecule has 0 amide bonds. The highest BCUT2D eigenvalue weighted by atomic mass is 16.5. The van der Waals surface area contributed by atoms with Crippen LogP contribution in [0.25, 0.3) is 0 Å². The lowest BCUT2D eigenvalue weighted by Crippen LogP contribution is -2.53. The van der Waals surface area contributed by atoms with E-state index < -0.39 is 0 Å². The minimum Gasteiger partial charge on any atom is -0.375 e. The molecule has 3 atom stereocenters. The molecule has 1 N–H and O–H groups in total. The summed E-state index contributed by atoms with van der Waals surface area (Å²) in [6, 6.07) is 1.39. The third-order valence-corrected chi connectivity index (χ3v) is 5.75. The van der Waals surface area contributed by atoms with Crippen LogP contribution in [0.2, 0.25) is 0 Å². The van der Waals surface area contributed by atoms with Crippen molar-refractivity contribution in [3.05, 3.63) is 0 Å². The SMILES string of the molecule is CCC1(CC)CC(NC2C(C)CCCC2C)CCO1. The van der Waals surface area contributed by atoms with Gasteiger partial charge in [-0.2, -0.15) is 0 Å². The van der Waals surface area contributed by atoms with Gasteiger partial charge < -0.3 is 10.1 Å². The van der Waals surface area contributed by atoms with Crippen molar-refractivity contribution in [2.45, 2.75) is 90.3 Å². The van der Waals surface area contributed by atoms with Crippen LogP contribution < -0.4 is 5.32 Å². The Bertz CT molecular complexity index is 264. The Hall–Kier alpha value is -0.0800. The molecular weight excluding hydrogens is 234 g/mol. The van der Waals surface area contributed by atoms with Crippen LogP contribution in [0, 0.1) is 11.8 Å². The fourth-order valence-electron chi connectivity index (χ4n) is 4.20. The molecule has 0 aromatic heterocycles. The van der Waals surface area contributed by atoms with Crippen LogP contribution >= 0.6 is 0 Å². The van der Waals surface area contributed by atoms with E-state index in [2.05, 4.69) is 33.0 Å². The van der Waals surface area contributed by atoms with E-state index in [0.717, 1.165) is 37.3 Å². The molecule has 2 heteroatoms. The van der Waals surface area contributed by atoms with Crippen molar-refractivity contribution < 1.29 is 4.74 Å². The standard InChI is InChI=1S/C17H33NO/c1-5-17(6-2)12-15(10-11-19-17)18-16-13(3)8-7-9-14(16)4/h13-16,18H,5-12H2,1-4H3. The predicted molar refractivity (Wildman–Crippen MR) is 81.4 cm³/mol. The van der Waals surface area contributed by atoms with E-state index in [1.54, 1.807) is 0 Å². The summed E-state index contributed by atoms with van der Waals surface area (Å²) in [5, 5.41) is 4.00. The van der Waals surface area contributed by atoms with E-state index >= 15 is 0 Å². The predicted octanol–water partition coefficient (Wildman–Crippen LogP) is 4.14. The zero-order valence-electron chi connectivity index (χ0n) is 13.4. The second-order valence-corrected chi connectivity index (χ2v) is 7.01. The lowest BCUT2D eigenvalue weighted by molar-refractivity contribution is -0.0958. The summed E-state index contributed by atoms with van der Waals surface area (Å²) in [4.78, 5) is 0. The fourth-order valence-corrected chi connectivity index (χ4v) is 4.20. The van der Waals surface area contributed by atoms with Gasteiger partial charge >= 0.3 is 0 Å². The van der Waals surface area contributed by atoms with E-state index in [0.29, 0.717) is 6.04 Å².